The molecule has 20 heavy (non-hydrogen) atoms. The van der Waals surface area contributed by atoms with Gasteiger partial charge in [-0.1, -0.05) is 12.1 Å². The fraction of sp³-hybridized carbons (Fsp3) is 0.286. The van der Waals surface area contributed by atoms with E-state index in [0.29, 0.717) is 0 Å². The molecule has 0 radical (unpaired) electrons. The highest BCUT2D eigenvalue weighted by molar-refractivity contribution is 9.13. The quantitative estimate of drug-likeness (QED) is 0.538. The standard InChI is InChI=1S/C14H16Br2N2OS/c1-19-10-5-2-9(3-6-10)4-7-12(18-17)13-8-11(15)14(16)20-13/h2-3,5-6,8,12,18H,4,7,17H2,1H3. The second-order valence-electron chi connectivity index (χ2n) is 4.38. The molecule has 1 atom stereocenters. The highest BCUT2D eigenvalue weighted by Gasteiger charge is 2.14. The van der Waals surface area contributed by atoms with Crippen molar-refractivity contribution in [3.8, 4) is 5.75 Å². The predicted octanol–water partition coefficient (Wildman–Crippen LogP) is 4.42. The van der Waals surface area contributed by atoms with Crippen LogP contribution in [0.4, 0.5) is 0 Å². The Hall–Kier alpha value is -0.400. The SMILES string of the molecule is COc1ccc(CCC(NN)c2cc(Br)c(Br)s2)cc1. The molecule has 108 valence electrons. The van der Waals surface area contributed by atoms with Crippen LogP contribution in [0.15, 0.2) is 38.6 Å². The van der Waals surface area contributed by atoms with Gasteiger partial charge in [-0.3, -0.25) is 11.3 Å². The first kappa shape index (κ1) is 16.0. The van der Waals surface area contributed by atoms with Crippen LogP contribution in [-0.2, 0) is 6.42 Å². The Kier molecular flexibility index (Phi) is 6.04. The Morgan fingerprint density at radius 3 is 2.50 bits per heavy atom. The number of methoxy groups -OCH3 is 1. The van der Waals surface area contributed by atoms with Gasteiger partial charge in [0, 0.05) is 9.35 Å². The number of hydrogen-bond acceptors (Lipinski definition) is 4. The Morgan fingerprint density at radius 2 is 2.00 bits per heavy atom. The molecule has 0 saturated heterocycles. The van der Waals surface area contributed by atoms with Crippen molar-refractivity contribution >= 4 is 43.2 Å². The Morgan fingerprint density at radius 1 is 1.30 bits per heavy atom. The first-order chi connectivity index (χ1) is 9.63. The van der Waals surface area contributed by atoms with Gasteiger partial charge < -0.3 is 4.74 Å². The lowest BCUT2D eigenvalue weighted by Gasteiger charge is -2.14. The second-order valence-corrected chi connectivity index (χ2v) is 7.63. The zero-order valence-corrected chi connectivity index (χ0v) is 15.0. The lowest BCUT2D eigenvalue weighted by Crippen LogP contribution is -2.27. The van der Waals surface area contributed by atoms with Gasteiger partial charge >= 0.3 is 0 Å². The molecular formula is C14H16Br2N2OS. The van der Waals surface area contributed by atoms with Gasteiger partial charge in [0.1, 0.15) is 5.75 Å². The van der Waals surface area contributed by atoms with Crippen LogP contribution >= 0.6 is 43.2 Å². The molecule has 0 aliphatic carbocycles. The number of hydrazine groups is 1. The number of thiophene rings is 1. The molecule has 1 aromatic heterocycles. The third-order valence-electron chi connectivity index (χ3n) is 3.09. The number of nitrogens with two attached hydrogens (primary N) is 1. The first-order valence-electron chi connectivity index (χ1n) is 6.18. The molecule has 0 aliphatic rings. The lowest BCUT2D eigenvalue weighted by atomic mass is 10.0. The Labute approximate surface area is 139 Å². The van der Waals surface area contributed by atoms with Crippen LogP contribution in [0.5, 0.6) is 5.75 Å². The van der Waals surface area contributed by atoms with Crippen molar-refractivity contribution in [3.05, 3.63) is 49.0 Å². The van der Waals surface area contributed by atoms with Crippen LogP contribution in [0.2, 0.25) is 0 Å². The normalized spacial score (nSPS) is 12.4. The van der Waals surface area contributed by atoms with Gasteiger partial charge in [0.15, 0.2) is 0 Å². The zero-order chi connectivity index (χ0) is 14.5. The van der Waals surface area contributed by atoms with E-state index in [-0.39, 0.29) is 6.04 Å². The predicted molar refractivity (Wildman–Crippen MR) is 91.1 cm³/mol. The van der Waals surface area contributed by atoms with E-state index in [1.807, 2.05) is 12.1 Å². The maximum Gasteiger partial charge on any atom is 0.118 e. The summed E-state index contributed by atoms with van der Waals surface area (Å²) in [7, 11) is 1.68. The smallest absolute Gasteiger partial charge is 0.118 e. The van der Waals surface area contributed by atoms with Crippen molar-refractivity contribution in [1.29, 1.82) is 0 Å². The second kappa shape index (κ2) is 7.56. The average Bonchev–Trinajstić information content (AvgIpc) is 2.80. The molecule has 0 amide bonds. The molecule has 1 unspecified atom stereocenters. The van der Waals surface area contributed by atoms with Crippen molar-refractivity contribution in [2.75, 3.05) is 7.11 Å². The third-order valence-corrected chi connectivity index (χ3v) is 6.46. The maximum absolute atomic E-state index is 5.68. The highest BCUT2D eigenvalue weighted by atomic mass is 79.9. The molecule has 2 aromatic rings. The van der Waals surface area contributed by atoms with Crippen molar-refractivity contribution < 1.29 is 4.74 Å². The summed E-state index contributed by atoms with van der Waals surface area (Å²) < 4.78 is 7.33. The van der Waals surface area contributed by atoms with Crippen LogP contribution in [-0.4, -0.2) is 7.11 Å². The van der Waals surface area contributed by atoms with Crippen LogP contribution in [0.3, 0.4) is 0 Å². The van der Waals surface area contributed by atoms with E-state index in [0.717, 1.165) is 26.9 Å². The van der Waals surface area contributed by atoms with Crippen LogP contribution in [0, 0.1) is 0 Å². The molecule has 0 fully saturated rings. The van der Waals surface area contributed by atoms with Gasteiger partial charge in [-0.2, -0.15) is 0 Å². The van der Waals surface area contributed by atoms with E-state index < -0.39 is 0 Å². The van der Waals surface area contributed by atoms with Gasteiger partial charge in [0.2, 0.25) is 0 Å². The highest BCUT2D eigenvalue weighted by Crippen LogP contribution is 2.36. The number of aryl methyl sites for hydroxylation is 1. The van der Waals surface area contributed by atoms with Crippen molar-refractivity contribution in [2.24, 2.45) is 5.84 Å². The molecule has 3 nitrogen and oxygen atoms in total. The van der Waals surface area contributed by atoms with E-state index in [9.17, 15) is 0 Å². The van der Waals surface area contributed by atoms with Gasteiger partial charge in [-0.05, 0) is 68.5 Å². The average molecular weight is 420 g/mol. The number of benzene rings is 1. The molecule has 0 aliphatic heterocycles. The van der Waals surface area contributed by atoms with Crippen molar-refractivity contribution in [1.82, 2.24) is 5.43 Å². The summed E-state index contributed by atoms with van der Waals surface area (Å²) >= 11 is 8.72. The molecule has 1 aromatic carbocycles. The minimum Gasteiger partial charge on any atom is -0.497 e. The van der Waals surface area contributed by atoms with Gasteiger partial charge in [0.25, 0.3) is 0 Å². The minimum absolute atomic E-state index is 0.157. The monoisotopic (exact) mass is 418 g/mol. The number of nitrogens with one attached hydrogen (secondary N) is 1. The van der Waals surface area contributed by atoms with E-state index in [2.05, 4.69) is 55.5 Å². The molecule has 0 spiro atoms. The summed E-state index contributed by atoms with van der Waals surface area (Å²) in [5.74, 6) is 6.56. The topological polar surface area (TPSA) is 47.3 Å². The van der Waals surface area contributed by atoms with E-state index >= 15 is 0 Å². The van der Waals surface area contributed by atoms with Crippen molar-refractivity contribution in [3.63, 3.8) is 0 Å². The van der Waals surface area contributed by atoms with Gasteiger partial charge in [-0.15, -0.1) is 11.3 Å². The summed E-state index contributed by atoms with van der Waals surface area (Å²) in [5.41, 5.74) is 4.17. The number of hydrogen-bond donors (Lipinski definition) is 2. The lowest BCUT2D eigenvalue weighted by molar-refractivity contribution is 0.414. The zero-order valence-electron chi connectivity index (χ0n) is 11.0. The van der Waals surface area contributed by atoms with Gasteiger partial charge in [0.05, 0.1) is 16.9 Å². The fourth-order valence-corrected chi connectivity index (χ4v) is 4.13. The maximum atomic E-state index is 5.68. The first-order valence-corrected chi connectivity index (χ1v) is 8.58. The summed E-state index contributed by atoms with van der Waals surface area (Å²) in [6, 6.07) is 10.4. The van der Waals surface area contributed by atoms with Crippen LogP contribution in [0.25, 0.3) is 0 Å². The largest absolute Gasteiger partial charge is 0.497 e. The fourth-order valence-electron chi connectivity index (χ4n) is 1.95. The molecular weight excluding hydrogens is 404 g/mol. The molecule has 3 N–H and O–H groups in total. The number of rotatable bonds is 6. The van der Waals surface area contributed by atoms with E-state index in [4.69, 9.17) is 10.6 Å². The molecule has 0 bridgehead atoms. The van der Waals surface area contributed by atoms with Crippen LogP contribution in [0.1, 0.15) is 22.9 Å². The summed E-state index contributed by atoms with van der Waals surface area (Å²) in [4.78, 5) is 1.22. The Balaban J connectivity index is 1.99. The summed E-state index contributed by atoms with van der Waals surface area (Å²) in [6.07, 6.45) is 1.91. The number of ether oxygens (including phenoxy) is 1. The Bertz CT molecular complexity index is 537. The summed E-state index contributed by atoms with van der Waals surface area (Å²) in [5, 5.41) is 0. The molecule has 2 rings (SSSR count). The van der Waals surface area contributed by atoms with E-state index in [1.165, 1.54) is 10.4 Å². The summed E-state index contributed by atoms with van der Waals surface area (Å²) in [6.45, 7) is 0. The van der Waals surface area contributed by atoms with Crippen LogP contribution < -0.4 is 16.0 Å². The molecule has 6 heteroatoms. The molecule has 1 heterocycles. The van der Waals surface area contributed by atoms with Crippen molar-refractivity contribution in [2.45, 2.75) is 18.9 Å². The van der Waals surface area contributed by atoms with Gasteiger partial charge in [-0.25, -0.2) is 0 Å². The minimum atomic E-state index is 0.157. The van der Waals surface area contributed by atoms with E-state index in [1.54, 1.807) is 18.4 Å². The molecule has 0 saturated carbocycles. The third kappa shape index (κ3) is 4.05. The number of halogens is 2.